The molecule has 6 nitrogen and oxygen atoms in total. The van der Waals surface area contributed by atoms with Gasteiger partial charge in [0.2, 0.25) is 15.9 Å². The number of carbonyl (C=O) groups excluding carboxylic acids is 1. The van der Waals surface area contributed by atoms with Crippen LogP contribution in [0.15, 0.2) is 48.5 Å². The minimum atomic E-state index is -3.61. The molecule has 0 heterocycles. The first kappa shape index (κ1) is 19.8. The van der Waals surface area contributed by atoms with Crippen LogP contribution in [0.4, 0.5) is 5.69 Å². The summed E-state index contributed by atoms with van der Waals surface area (Å²) < 4.78 is 30.8. The summed E-state index contributed by atoms with van der Waals surface area (Å²) in [5, 5.41) is 2.79. The molecule has 0 aliphatic carbocycles. The highest BCUT2D eigenvalue weighted by molar-refractivity contribution is 7.92. The maximum absolute atomic E-state index is 12.5. The SMILES string of the molecule is COc1ccc(CNC(=O)[C@@H](C)N(c2cccc(C)c2)S(C)(=O)=O)cc1. The number of carbonyl (C=O) groups is 1. The lowest BCUT2D eigenvalue weighted by molar-refractivity contribution is -0.122. The number of amides is 1. The maximum Gasteiger partial charge on any atom is 0.243 e. The molecule has 0 unspecified atom stereocenters. The number of hydrogen-bond acceptors (Lipinski definition) is 4. The molecule has 140 valence electrons. The fraction of sp³-hybridized carbons (Fsp3) is 0.316. The van der Waals surface area contributed by atoms with Gasteiger partial charge < -0.3 is 10.1 Å². The molecule has 0 fully saturated rings. The lowest BCUT2D eigenvalue weighted by Crippen LogP contribution is -2.47. The lowest BCUT2D eigenvalue weighted by atomic mass is 10.2. The Morgan fingerprint density at radius 1 is 1.19 bits per heavy atom. The van der Waals surface area contributed by atoms with Crippen molar-refractivity contribution in [2.24, 2.45) is 0 Å². The van der Waals surface area contributed by atoms with Crippen LogP contribution in [0.25, 0.3) is 0 Å². The molecule has 1 atom stereocenters. The van der Waals surface area contributed by atoms with Gasteiger partial charge in [-0.3, -0.25) is 9.10 Å². The standard InChI is InChI=1S/C19H24N2O4S/c1-14-6-5-7-17(12-14)21(26(4,23)24)15(2)19(22)20-13-16-8-10-18(25-3)11-9-16/h5-12,15H,13H2,1-4H3,(H,20,22)/t15-/m1/s1. The van der Waals surface area contributed by atoms with Crippen molar-refractivity contribution in [2.45, 2.75) is 26.4 Å². The number of sulfonamides is 1. The number of benzene rings is 2. The van der Waals surface area contributed by atoms with Gasteiger partial charge in [-0.1, -0.05) is 24.3 Å². The molecular formula is C19H24N2O4S. The van der Waals surface area contributed by atoms with Gasteiger partial charge in [-0.05, 0) is 49.2 Å². The van der Waals surface area contributed by atoms with Crippen molar-refractivity contribution in [3.05, 3.63) is 59.7 Å². The van der Waals surface area contributed by atoms with Gasteiger partial charge in [-0.15, -0.1) is 0 Å². The highest BCUT2D eigenvalue weighted by Gasteiger charge is 2.28. The largest absolute Gasteiger partial charge is 0.497 e. The van der Waals surface area contributed by atoms with Gasteiger partial charge in [0.05, 0.1) is 19.1 Å². The summed E-state index contributed by atoms with van der Waals surface area (Å²) in [6, 6.07) is 13.5. The molecule has 0 saturated heterocycles. The highest BCUT2D eigenvalue weighted by atomic mass is 32.2. The molecule has 2 aromatic carbocycles. The van der Waals surface area contributed by atoms with E-state index in [1.165, 1.54) is 0 Å². The third kappa shape index (κ3) is 4.98. The second kappa shape index (κ2) is 8.23. The molecule has 0 bridgehead atoms. The summed E-state index contributed by atoms with van der Waals surface area (Å²) in [7, 11) is -2.03. The molecule has 0 spiro atoms. The van der Waals surface area contributed by atoms with E-state index in [2.05, 4.69) is 5.32 Å². The second-order valence-electron chi connectivity index (χ2n) is 6.14. The first-order valence-corrected chi connectivity index (χ1v) is 10.0. The predicted molar refractivity (Wildman–Crippen MR) is 103 cm³/mol. The molecule has 0 saturated carbocycles. The fourth-order valence-corrected chi connectivity index (χ4v) is 3.82. The summed E-state index contributed by atoms with van der Waals surface area (Å²) >= 11 is 0. The quantitative estimate of drug-likeness (QED) is 0.805. The van der Waals surface area contributed by atoms with Crippen LogP contribution in [-0.2, 0) is 21.4 Å². The Kier molecular flexibility index (Phi) is 6.26. The van der Waals surface area contributed by atoms with Crippen LogP contribution in [0.1, 0.15) is 18.1 Å². The van der Waals surface area contributed by atoms with Crippen molar-refractivity contribution in [2.75, 3.05) is 17.7 Å². The van der Waals surface area contributed by atoms with Crippen molar-refractivity contribution >= 4 is 21.6 Å². The molecule has 1 N–H and O–H groups in total. The summed E-state index contributed by atoms with van der Waals surface area (Å²) in [6.45, 7) is 3.75. The normalized spacial score (nSPS) is 12.3. The smallest absolute Gasteiger partial charge is 0.243 e. The van der Waals surface area contributed by atoms with Crippen LogP contribution in [0.5, 0.6) is 5.75 Å². The van der Waals surface area contributed by atoms with E-state index in [0.717, 1.165) is 27.4 Å². The third-order valence-electron chi connectivity index (χ3n) is 3.97. The molecule has 26 heavy (non-hydrogen) atoms. The Morgan fingerprint density at radius 3 is 2.38 bits per heavy atom. The van der Waals surface area contributed by atoms with Crippen LogP contribution in [0, 0.1) is 6.92 Å². The van der Waals surface area contributed by atoms with Crippen LogP contribution < -0.4 is 14.4 Å². The molecule has 7 heteroatoms. The van der Waals surface area contributed by atoms with Gasteiger partial charge in [0.25, 0.3) is 0 Å². The molecular weight excluding hydrogens is 352 g/mol. The van der Waals surface area contributed by atoms with E-state index in [-0.39, 0.29) is 5.91 Å². The van der Waals surface area contributed by atoms with Gasteiger partial charge in [-0.2, -0.15) is 0 Å². The number of methoxy groups -OCH3 is 1. The first-order chi connectivity index (χ1) is 12.2. The predicted octanol–water partition coefficient (Wildman–Crippen LogP) is 2.47. The van der Waals surface area contributed by atoms with E-state index in [4.69, 9.17) is 4.74 Å². The first-order valence-electron chi connectivity index (χ1n) is 8.19. The number of nitrogens with zero attached hydrogens (tertiary/aromatic N) is 1. The molecule has 1 amide bonds. The van der Waals surface area contributed by atoms with Crippen molar-refractivity contribution < 1.29 is 17.9 Å². The summed E-state index contributed by atoms with van der Waals surface area (Å²) in [4.78, 5) is 12.5. The van der Waals surface area contributed by atoms with E-state index < -0.39 is 16.1 Å². The maximum atomic E-state index is 12.5. The Hall–Kier alpha value is -2.54. The van der Waals surface area contributed by atoms with E-state index in [1.54, 1.807) is 44.4 Å². The number of nitrogens with one attached hydrogen (secondary N) is 1. The Labute approximate surface area is 154 Å². The van der Waals surface area contributed by atoms with Crippen molar-refractivity contribution in [3.8, 4) is 5.75 Å². The fourth-order valence-electron chi connectivity index (χ4n) is 2.65. The molecule has 0 aromatic heterocycles. The van der Waals surface area contributed by atoms with Gasteiger partial charge in [0.1, 0.15) is 11.8 Å². The molecule has 0 aliphatic rings. The minimum Gasteiger partial charge on any atom is -0.497 e. The van der Waals surface area contributed by atoms with Crippen molar-refractivity contribution in [1.82, 2.24) is 5.32 Å². The van der Waals surface area contributed by atoms with E-state index >= 15 is 0 Å². The van der Waals surface area contributed by atoms with Gasteiger partial charge in [-0.25, -0.2) is 8.42 Å². The highest BCUT2D eigenvalue weighted by Crippen LogP contribution is 2.22. The monoisotopic (exact) mass is 376 g/mol. The van der Waals surface area contributed by atoms with Crippen LogP contribution in [0.3, 0.4) is 0 Å². The molecule has 2 rings (SSSR count). The zero-order valence-electron chi connectivity index (χ0n) is 15.4. The molecule has 2 aromatic rings. The number of aryl methyl sites for hydroxylation is 1. The Morgan fingerprint density at radius 2 is 1.85 bits per heavy atom. The molecule has 0 aliphatic heterocycles. The topological polar surface area (TPSA) is 75.7 Å². The average Bonchev–Trinajstić information content (AvgIpc) is 2.59. The minimum absolute atomic E-state index is 0.304. The number of hydrogen-bond donors (Lipinski definition) is 1. The number of ether oxygens (including phenoxy) is 1. The van der Waals surface area contributed by atoms with E-state index in [1.807, 2.05) is 25.1 Å². The van der Waals surface area contributed by atoms with Crippen LogP contribution in [0.2, 0.25) is 0 Å². The molecule has 0 radical (unpaired) electrons. The van der Waals surface area contributed by atoms with E-state index in [0.29, 0.717) is 12.2 Å². The van der Waals surface area contributed by atoms with E-state index in [9.17, 15) is 13.2 Å². The third-order valence-corrected chi connectivity index (χ3v) is 5.21. The van der Waals surface area contributed by atoms with Gasteiger partial charge in [0, 0.05) is 6.54 Å². The summed E-state index contributed by atoms with van der Waals surface area (Å²) in [5.41, 5.74) is 2.29. The Bertz CT molecular complexity index is 863. The Balaban J connectivity index is 2.14. The van der Waals surface area contributed by atoms with Crippen LogP contribution in [-0.4, -0.2) is 33.7 Å². The van der Waals surface area contributed by atoms with Gasteiger partial charge >= 0.3 is 0 Å². The zero-order valence-corrected chi connectivity index (χ0v) is 16.2. The number of rotatable bonds is 7. The number of anilines is 1. The second-order valence-corrected chi connectivity index (χ2v) is 8.00. The summed E-state index contributed by atoms with van der Waals surface area (Å²) in [5.74, 6) is 0.365. The van der Waals surface area contributed by atoms with Crippen molar-refractivity contribution in [3.63, 3.8) is 0 Å². The van der Waals surface area contributed by atoms with Gasteiger partial charge in [0.15, 0.2) is 0 Å². The lowest BCUT2D eigenvalue weighted by Gasteiger charge is -2.28. The zero-order chi connectivity index (χ0) is 19.3. The van der Waals surface area contributed by atoms with Crippen LogP contribution >= 0.6 is 0 Å². The average molecular weight is 376 g/mol. The van der Waals surface area contributed by atoms with Crippen molar-refractivity contribution in [1.29, 1.82) is 0 Å². The summed E-state index contributed by atoms with van der Waals surface area (Å²) in [6.07, 6.45) is 1.10.